The number of carboxylic acids is 1. The summed E-state index contributed by atoms with van der Waals surface area (Å²) < 4.78 is 2.13. The van der Waals surface area contributed by atoms with Crippen molar-refractivity contribution in [2.24, 2.45) is 0 Å². The van der Waals surface area contributed by atoms with Gasteiger partial charge < -0.3 is 9.67 Å². The molecule has 0 radical (unpaired) electrons. The molecule has 4 nitrogen and oxygen atoms in total. The zero-order valence-corrected chi connectivity index (χ0v) is 13.2. The van der Waals surface area contributed by atoms with Crippen molar-refractivity contribution >= 4 is 29.5 Å². The molecule has 0 atom stereocenters. The Labute approximate surface area is 123 Å². The first-order chi connectivity index (χ1) is 9.15. The molecular formula is C13H22N2O2S2. The maximum atomic E-state index is 10.6. The lowest BCUT2D eigenvalue weighted by atomic mass is 10.2. The van der Waals surface area contributed by atoms with E-state index in [1.54, 1.807) is 0 Å². The van der Waals surface area contributed by atoms with Crippen LogP contribution in [0.25, 0.3) is 0 Å². The number of nitrogens with zero attached hydrogens (tertiary/aromatic N) is 2. The Bertz CT molecular complexity index is 394. The predicted molar refractivity (Wildman–Crippen MR) is 82.2 cm³/mol. The summed E-state index contributed by atoms with van der Waals surface area (Å²) in [6.45, 7) is 2.96. The first kappa shape index (κ1) is 16.4. The van der Waals surface area contributed by atoms with Gasteiger partial charge in [-0.05, 0) is 31.8 Å². The maximum absolute atomic E-state index is 10.6. The van der Waals surface area contributed by atoms with Crippen molar-refractivity contribution in [1.82, 2.24) is 9.55 Å². The minimum atomic E-state index is -0.797. The zero-order valence-electron chi connectivity index (χ0n) is 11.6. The fourth-order valence-electron chi connectivity index (χ4n) is 1.82. The molecule has 0 aliphatic rings. The molecule has 0 aliphatic heterocycles. The molecule has 6 heteroatoms. The molecule has 0 saturated carbocycles. The van der Waals surface area contributed by atoms with E-state index in [2.05, 4.69) is 15.8 Å². The van der Waals surface area contributed by atoms with Gasteiger partial charge in [0.1, 0.15) is 0 Å². The maximum Gasteiger partial charge on any atom is 0.313 e. The standard InChI is InChI=1S/C13H22N2O2S2/c1-11-9-14-13(19-10-12(16)17)15(11)7-5-3-4-6-8-18-2/h9H,3-8,10H2,1-2H3,(H,16,17). The van der Waals surface area contributed by atoms with Gasteiger partial charge in [0, 0.05) is 18.4 Å². The van der Waals surface area contributed by atoms with E-state index in [4.69, 9.17) is 5.11 Å². The molecule has 0 amide bonds. The lowest BCUT2D eigenvalue weighted by molar-refractivity contribution is -0.133. The Morgan fingerprint density at radius 3 is 2.79 bits per heavy atom. The fourth-order valence-corrected chi connectivity index (χ4v) is 3.09. The van der Waals surface area contributed by atoms with Crippen molar-refractivity contribution in [3.63, 3.8) is 0 Å². The first-order valence-corrected chi connectivity index (χ1v) is 8.88. The summed E-state index contributed by atoms with van der Waals surface area (Å²) >= 11 is 3.19. The average Bonchev–Trinajstić information content (AvgIpc) is 2.72. The van der Waals surface area contributed by atoms with Crippen LogP contribution < -0.4 is 0 Å². The first-order valence-electron chi connectivity index (χ1n) is 6.50. The van der Waals surface area contributed by atoms with Gasteiger partial charge in [-0.1, -0.05) is 24.6 Å². The van der Waals surface area contributed by atoms with Crippen LogP contribution in [-0.4, -0.2) is 38.4 Å². The van der Waals surface area contributed by atoms with E-state index in [0.29, 0.717) is 0 Å². The molecule has 0 aliphatic carbocycles. The summed E-state index contributed by atoms with van der Waals surface area (Å²) in [5.74, 6) is 0.517. The van der Waals surface area contributed by atoms with Gasteiger partial charge >= 0.3 is 5.97 Å². The van der Waals surface area contributed by atoms with Crippen LogP contribution >= 0.6 is 23.5 Å². The van der Waals surface area contributed by atoms with E-state index >= 15 is 0 Å². The van der Waals surface area contributed by atoms with E-state index in [1.807, 2.05) is 24.9 Å². The Hall–Kier alpha value is -0.620. The Morgan fingerprint density at radius 2 is 2.11 bits per heavy atom. The molecule has 19 heavy (non-hydrogen) atoms. The summed E-state index contributed by atoms with van der Waals surface area (Å²) in [7, 11) is 0. The van der Waals surface area contributed by atoms with Gasteiger partial charge in [0.25, 0.3) is 0 Å². The van der Waals surface area contributed by atoms with Crippen LogP contribution in [0.2, 0.25) is 0 Å². The van der Waals surface area contributed by atoms with E-state index in [0.717, 1.165) is 23.8 Å². The SMILES string of the molecule is CSCCCCCCn1c(C)cnc1SCC(=O)O. The van der Waals surface area contributed by atoms with Crippen molar-refractivity contribution in [3.8, 4) is 0 Å². The largest absolute Gasteiger partial charge is 0.481 e. The highest BCUT2D eigenvalue weighted by atomic mass is 32.2. The number of carbonyl (C=O) groups is 1. The molecule has 0 fully saturated rings. The van der Waals surface area contributed by atoms with Crippen LogP contribution in [0, 0.1) is 6.92 Å². The fraction of sp³-hybridized carbons (Fsp3) is 0.692. The van der Waals surface area contributed by atoms with Crippen LogP contribution in [0.3, 0.4) is 0 Å². The minimum Gasteiger partial charge on any atom is -0.481 e. The normalized spacial score (nSPS) is 10.8. The van der Waals surface area contributed by atoms with Crippen LogP contribution in [-0.2, 0) is 11.3 Å². The number of unbranched alkanes of at least 4 members (excludes halogenated alkanes) is 3. The summed E-state index contributed by atoms with van der Waals surface area (Å²) in [5.41, 5.74) is 1.11. The molecule has 1 heterocycles. The zero-order chi connectivity index (χ0) is 14.1. The monoisotopic (exact) mass is 302 g/mol. The molecule has 108 valence electrons. The highest BCUT2D eigenvalue weighted by Crippen LogP contribution is 2.19. The Kier molecular flexibility index (Phi) is 8.05. The number of aromatic nitrogens is 2. The Balaban J connectivity index is 2.35. The summed E-state index contributed by atoms with van der Waals surface area (Å²) in [4.78, 5) is 14.9. The third-order valence-corrected chi connectivity index (χ3v) is 4.50. The van der Waals surface area contributed by atoms with E-state index in [9.17, 15) is 4.79 Å². The van der Waals surface area contributed by atoms with E-state index < -0.39 is 5.97 Å². The topological polar surface area (TPSA) is 55.1 Å². The van der Waals surface area contributed by atoms with Crippen molar-refractivity contribution in [3.05, 3.63) is 11.9 Å². The van der Waals surface area contributed by atoms with Gasteiger partial charge in [-0.25, -0.2) is 4.98 Å². The number of carboxylic acid groups (broad SMARTS) is 1. The smallest absolute Gasteiger partial charge is 0.313 e. The Morgan fingerprint density at radius 1 is 1.37 bits per heavy atom. The number of hydrogen-bond donors (Lipinski definition) is 1. The highest BCUT2D eigenvalue weighted by molar-refractivity contribution is 7.99. The van der Waals surface area contributed by atoms with Crippen LogP contribution in [0.4, 0.5) is 0 Å². The van der Waals surface area contributed by atoms with Crippen LogP contribution in [0.5, 0.6) is 0 Å². The minimum absolute atomic E-state index is 0.0736. The molecule has 1 rings (SSSR count). The van der Waals surface area contributed by atoms with Gasteiger partial charge in [-0.3, -0.25) is 4.79 Å². The van der Waals surface area contributed by atoms with Crippen molar-refractivity contribution in [1.29, 1.82) is 0 Å². The second-order valence-electron chi connectivity index (χ2n) is 4.42. The van der Waals surface area contributed by atoms with Gasteiger partial charge in [-0.15, -0.1) is 0 Å². The molecule has 1 N–H and O–H groups in total. The number of imidazole rings is 1. The molecule has 0 aromatic carbocycles. The molecular weight excluding hydrogens is 280 g/mol. The number of thioether (sulfide) groups is 2. The number of aryl methyl sites for hydroxylation is 1. The molecule has 0 spiro atoms. The molecule has 0 unspecified atom stereocenters. The van der Waals surface area contributed by atoms with Gasteiger partial charge in [0.2, 0.25) is 0 Å². The lowest BCUT2D eigenvalue weighted by Gasteiger charge is -2.09. The quantitative estimate of drug-likeness (QED) is 0.531. The second-order valence-corrected chi connectivity index (χ2v) is 6.35. The predicted octanol–water partition coefficient (Wildman–Crippen LogP) is 3.29. The second kappa shape index (κ2) is 9.31. The van der Waals surface area contributed by atoms with Crippen LogP contribution in [0.15, 0.2) is 11.4 Å². The summed E-state index contributed by atoms with van der Waals surface area (Å²) in [6, 6.07) is 0. The van der Waals surface area contributed by atoms with E-state index in [-0.39, 0.29) is 5.75 Å². The third-order valence-electron chi connectivity index (χ3n) is 2.82. The molecule has 0 bridgehead atoms. The van der Waals surface area contributed by atoms with Crippen molar-refractivity contribution < 1.29 is 9.90 Å². The van der Waals surface area contributed by atoms with Crippen molar-refractivity contribution in [2.45, 2.75) is 44.3 Å². The van der Waals surface area contributed by atoms with Gasteiger partial charge in [-0.2, -0.15) is 11.8 Å². The van der Waals surface area contributed by atoms with E-state index in [1.165, 1.54) is 36.8 Å². The number of hydrogen-bond acceptors (Lipinski definition) is 4. The average molecular weight is 302 g/mol. The molecule has 0 saturated heterocycles. The van der Waals surface area contributed by atoms with Crippen LogP contribution in [0.1, 0.15) is 31.4 Å². The number of aliphatic carboxylic acids is 1. The van der Waals surface area contributed by atoms with Gasteiger partial charge in [0.05, 0.1) is 5.75 Å². The highest BCUT2D eigenvalue weighted by Gasteiger charge is 2.09. The van der Waals surface area contributed by atoms with Gasteiger partial charge in [0.15, 0.2) is 5.16 Å². The third kappa shape index (κ3) is 6.38. The lowest BCUT2D eigenvalue weighted by Crippen LogP contribution is -2.05. The molecule has 1 aromatic rings. The summed E-state index contributed by atoms with van der Waals surface area (Å²) in [5, 5.41) is 9.53. The van der Waals surface area contributed by atoms with Crippen molar-refractivity contribution in [2.75, 3.05) is 17.8 Å². The molecule has 1 aromatic heterocycles. The number of rotatable bonds is 10. The summed E-state index contributed by atoms with van der Waals surface area (Å²) in [6.07, 6.45) is 8.86.